The third-order valence-corrected chi connectivity index (χ3v) is 3.07. The van der Waals surface area contributed by atoms with Crippen molar-refractivity contribution in [1.29, 1.82) is 0 Å². The molecule has 0 atom stereocenters. The highest BCUT2D eigenvalue weighted by molar-refractivity contribution is 7.98. The van der Waals surface area contributed by atoms with Crippen LogP contribution < -0.4 is 11.3 Å². The first-order chi connectivity index (χ1) is 7.25. The van der Waals surface area contributed by atoms with Gasteiger partial charge >= 0.3 is 0 Å². The number of aromatic nitrogens is 4. The van der Waals surface area contributed by atoms with Gasteiger partial charge in [0.1, 0.15) is 10.7 Å². The Morgan fingerprint density at radius 2 is 2.47 bits per heavy atom. The Hall–Kier alpha value is -1.41. The van der Waals surface area contributed by atoms with Crippen molar-refractivity contribution in [2.24, 2.45) is 0 Å². The second-order valence-electron chi connectivity index (χ2n) is 2.61. The van der Waals surface area contributed by atoms with Gasteiger partial charge in [-0.3, -0.25) is 4.79 Å². The maximum absolute atomic E-state index is 11.0. The molecule has 0 fully saturated rings. The maximum atomic E-state index is 11.0. The van der Waals surface area contributed by atoms with Crippen molar-refractivity contribution in [2.45, 2.75) is 10.9 Å². The number of nitrogens with two attached hydrogens (primary N) is 1. The largest absolute Gasteiger partial charge is 0.388 e. The second-order valence-corrected chi connectivity index (χ2v) is 4.36. The van der Waals surface area contributed by atoms with Crippen LogP contribution in [0.5, 0.6) is 0 Å². The molecule has 0 amide bonds. The highest BCUT2D eigenvalue weighted by atomic mass is 32.2. The Labute approximate surface area is 93.1 Å². The van der Waals surface area contributed by atoms with Crippen LogP contribution in [0.25, 0.3) is 0 Å². The van der Waals surface area contributed by atoms with Gasteiger partial charge in [0.05, 0.1) is 0 Å². The van der Waals surface area contributed by atoms with Crippen LogP contribution in [0.3, 0.4) is 0 Å². The van der Waals surface area contributed by atoms with Crippen molar-refractivity contribution in [2.75, 3.05) is 5.73 Å². The Bertz CT molecular complexity index is 508. The molecule has 0 saturated heterocycles. The van der Waals surface area contributed by atoms with Gasteiger partial charge in [-0.2, -0.15) is 0 Å². The summed E-state index contributed by atoms with van der Waals surface area (Å²) < 4.78 is 3.71. The van der Waals surface area contributed by atoms with Gasteiger partial charge in [0.25, 0.3) is 5.56 Å². The minimum Gasteiger partial charge on any atom is -0.388 e. The minimum absolute atomic E-state index is 0.170. The Kier molecular flexibility index (Phi) is 2.97. The summed E-state index contributed by atoms with van der Waals surface area (Å²) in [5.41, 5.74) is 6.17. The molecule has 3 N–H and O–H groups in total. The summed E-state index contributed by atoms with van der Waals surface area (Å²) in [7, 11) is 0. The Morgan fingerprint density at radius 1 is 1.60 bits per heavy atom. The summed E-state index contributed by atoms with van der Waals surface area (Å²) >= 11 is 2.52. The standard InChI is InChI=1S/C7H7N5OS2/c8-6-4(11-12-15-6)3-14-7-9-2-1-5(13)10-7/h1-2H,3,8H2,(H,9,10,13). The Balaban J connectivity index is 2.05. The normalized spacial score (nSPS) is 10.4. The lowest BCUT2D eigenvalue weighted by atomic mass is 10.5. The van der Waals surface area contributed by atoms with Crippen molar-refractivity contribution in [3.63, 3.8) is 0 Å². The summed E-state index contributed by atoms with van der Waals surface area (Å²) in [5, 5.41) is 5.00. The number of aromatic amines is 1. The molecular formula is C7H7N5OS2. The summed E-state index contributed by atoms with van der Waals surface area (Å²) in [4.78, 5) is 17.5. The van der Waals surface area contributed by atoms with Crippen LogP contribution in [-0.2, 0) is 5.75 Å². The molecule has 0 spiro atoms. The average Bonchev–Trinajstić information content (AvgIpc) is 2.61. The van der Waals surface area contributed by atoms with E-state index >= 15 is 0 Å². The molecule has 0 aromatic carbocycles. The van der Waals surface area contributed by atoms with E-state index in [1.54, 1.807) is 0 Å². The van der Waals surface area contributed by atoms with Gasteiger partial charge in [-0.05, 0) is 0 Å². The molecule has 0 aliphatic heterocycles. The van der Waals surface area contributed by atoms with Gasteiger partial charge in [0, 0.05) is 29.5 Å². The van der Waals surface area contributed by atoms with E-state index in [0.717, 1.165) is 17.2 Å². The molecule has 0 unspecified atom stereocenters. The fourth-order valence-corrected chi connectivity index (χ4v) is 2.21. The number of hydrogen-bond acceptors (Lipinski definition) is 7. The quantitative estimate of drug-likeness (QED) is 0.599. The van der Waals surface area contributed by atoms with E-state index in [2.05, 4.69) is 19.6 Å². The summed E-state index contributed by atoms with van der Waals surface area (Å²) in [5.74, 6) is 0.551. The lowest BCUT2D eigenvalue weighted by Gasteiger charge is -1.97. The zero-order valence-corrected chi connectivity index (χ0v) is 9.14. The number of thioether (sulfide) groups is 1. The topological polar surface area (TPSA) is 97.5 Å². The zero-order chi connectivity index (χ0) is 10.7. The average molecular weight is 241 g/mol. The molecule has 0 bridgehead atoms. The van der Waals surface area contributed by atoms with E-state index in [4.69, 9.17) is 5.73 Å². The lowest BCUT2D eigenvalue weighted by Crippen LogP contribution is -2.05. The van der Waals surface area contributed by atoms with Gasteiger partial charge in [-0.25, -0.2) is 4.98 Å². The van der Waals surface area contributed by atoms with E-state index in [9.17, 15) is 4.79 Å². The van der Waals surface area contributed by atoms with Crippen molar-refractivity contribution < 1.29 is 0 Å². The molecule has 0 radical (unpaired) electrons. The first kappa shape index (κ1) is 10.1. The molecule has 2 aromatic rings. The maximum Gasteiger partial charge on any atom is 0.251 e. The predicted molar refractivity (Wildman–Crippen MR) is 58.7 cm³/mol. The number of nitrogens with zero attached hydrogens (tertiary/aromatic N) is 3. The SMILES string of the molecule is Nc1snnc1CSc1nccc(=O)[nH]1. The van der Waals surface area contributed by atoms with Crippen LogP contribution in [0.1, 0.15) is 5.69 Å². The molecular weight excluding hydrogens is 234 g/mol. The van der Waals surface area contributed by atoms with E-state index in [1.165, 1.54) is 24.0 Å². The number of rotatable bonds is 3. The Morgan fingerprint density at radius 3 is 3.13 bits per heavy atom. The molecule has 0 saturated carbocycles. The van der Waals surface area contributed by atoms with Crippen LogP contribution in [0, 0.1) is 0 Å². The van der Waals surface area contributed by atoms with Gasteiger partial charge in [-0.1, -0.05) is 16.3 Å². The molecule has 0 aliphatic carbocycles. The molecule has 8 heteroatoms. The number of anilines is 1. The molecule has 2 rings (SSSR count). The van der Waals surface area contributed by atoms with Crippen LogP contribution in [0.2, 0.25) is 0 Å². The van der Waals surface area contributed by atoms with Crippen molar-refractivity contribution in [3.8, 4) is 0 Å². The van der Waals surface area contributed by atoms with E-state index < -0.39 is 0 Å². The smallest absolute Gasteiger partial charge is 0.251 e. The van der Waals surface area contributed by atoms with Gasteiger partial charge < -0.3 is 10.7 Å². The van der Waals surface area contributed by atoms with Crippen LogP contribution in [0.4, 0.5) is 5.00 Å². The fourth-order valence-electron chi connectivity index (χ4n) is 0.878. The summed E-state index contributed by atoms with van der Waals surface area (Å²) in [6.07, 6.45) is 1.46. The third-order valence-electron chi connectivity index (χ3n) is 1.58. The van der Waals surface area contributed by atoms with Crippen LogP contribution >= 0.6 is 23.3 Å². The van der Waals surface area contributed by atoms with Crippen LogP contribution in [0.15, 0.2) is 22.2 Å². The highest BCUT2D eigenvalue weighted by Gasteiger charge is 2.05. The zero-order valence-electron chi connectivity index (χ0n) is 7.51. The highest BCUT2D eigenvalue weighted by Crippen LogP contribution is 2.21. The van der Waals surface area contributed by atoms with E-state index in [0.29, 0.717) is 15.9 Å². The summed E-state index contributed by atoms with van der Waals surface area (Å²) in [6, 6.07) is 1.36. The lowest BCUT2D eigenvalue weighted by molar-refractivity contribution is 0.934. The summed E-state index contributed by atoms with van der Waals surface area (Å²) in [6.45, 7) is 0. The number of nitrogens with one attached hydrogen (secondary N) is 1. The third kappa shape index (κ3) is 2.54. The first-order valence-electron chi connectivity index (χ1n) is 4.00. The number of H-pyrrole nitrogens is 1. The van der Waals surface area contributed by atoms with Crippen molar-refractivity contribution in [1.82, 2.24) is 19.6 Å². The van der Waals surface area contributed by atoms with E-state index in [1.807, 2.05) is 0 Å². The molecule has 78 valence electrons. The van der Waals surface area contributed by atoms with E-state index in [-0.39, 0.29) is 5.56 Å². The van der Waals surface area contributed by atoms with Crippen molar-refractivity contribution >= 4 is 28.3 Å². The van der Waals surface area contributed by atoms with Crippen LogP contribution in [-0.4, -0.2) is 19.6 Å². The minimum atomic E-state index is -0.170. The number of hydrogen-bond donors (Lipinski definition) is 2. The monoisotopic (exact) mass is 241 g/mol. The molecule has 15 heavy (non-hydrogen) atoms. The van der Waals surface area contributed by atoms with Gasteiger partial charge in [0.15, 0.2) is 5.16 Å². The molecule has 0 aliphatic rings. The molecule has 2 heterocycles. The number of nitrogen functional groups attached to an aromatic ring is 1. The fraction of sp³-hybridized carbons (Fsp3) is 0.143. The van der Waals surface area contributed by atoms with Gasteiger partial charge in [-0.15, -0.1) is 5.10 Å². The van der Waals surface area contributed by atoms with Gasteiger partial charge in [0.2, 0.25) is 0 Å². The second kappa shape index (κ2) is 4.41. The first-order valence-corrected chi connectivity index (χ1v) is 5.76. The van der Waals surface area contributed by atoms with Crippen molar-refractivity contribution in [3.05, 3.63) is 28.3 Å². The molecule has 6 nitrogen and oxygen atoms in total. The predicted octanol–water partition coefficient (Wildman–Crippen LogP) is 0.496. The molecule has 2 aromatic heterocycles.